The third-order valence-electron chi connectivity index (χ3n) is 7.24. The molecule has 0 bridgehead atoms. The molecule has 2 amide bonds. The summed E-state index contributed by atoms with van der Waals surface area (Å²) >= 11 is 0. The van der Waals surface area contributed by atoms with Crippen LogP contribution in [0.5, 0.6) is 0 Å². The number of rotatable bonds is 7. The molecule has 3 N–H and O–H groups in total. The van der Waals surface area contributed by atoms with Gasteiger partial charge in [-0.25, -0.2) is 4.39 Å². The Labute approximate surface area is 214 Å². The van der Waals surface area contributed by atoms with Crippen molar-refractivity contribution in [1.29, 1.82) is 0 Å². The molecule has 1 aliphatic heterocycles. The first kappa shape index (κ1) is 27.9. The molecular formula is C26H26F7N3O2. The fourth-order valence-electron chi connectivity index (χ4n) is 5.07. The zero-order chi connectivity index (χ0) is 27.9. The molecule has 4 rings (SSSR count). The maximum Gasteiger partial charge on any atom is 0.416 e. The molecule has 2 aromatic rings. The summed E-state index contributed by atoms with van der Waals surface area (Å²) in [5, 5.41) is 3.13. The number of nitrogens with one attached hydrogen (secondary N) is 1. The molecule has 0 spiro atoms. The molecule has 1 aliphatic carbocycles. The first-order valence-corrected chi connectivity index (χ1v) is 12.1. The third-order valence-corrected chi connectivity index (χ3v) is 7.24. The van der Waals surface area contributed by atoms with Gasteiger partial charge in [-0.3, -0.25) is 9.59 Å². The summed E-state index contributed by atoms with van der Waals surface area (Å²) < 4.78 is 93.1. The maximum atomic E-state index is 15.0. The Hall–Kier alpha value is -3.15. The van der Waals surface area contributed by atoms with E-state index in [-0.39, 0.29) is 24.8 Å². The van der Waals surface area contributed by atoms with Gasteiger partial charge < -0.3 is 16.0 Å². The van der Waals surface area contributed by atoms with E-state index in [0.717, 1.165) is 18.2 Å². The van der Waals surface area contributed by atoms with Gasteiger partial charge in [0, 0.05) is 24.6 Å². The Morgan fingerprint density at radius 3 is 2.08 bits per heavy atom. The Morgan fingerprint density at radius 1 is 1.00 bits per heavy atom. The fraction of sp³-hybridized carbons (Fsp3) is 0.462. The zero-order valence-electron chi connectivity index (χ0n) is 20.1. The number of hydrogen-bond acceptors (Lipinski definition) is 3. The van der Waals surface area contributed by atoms with Gasteiger partial charge in [0.2, 0.25) is 11.8 Å². The van der Waals surface area contributed by atoms with Crippen molar-refractivity contribution in [2.24, 2.45) is 5.73 Å². The van der Waals surface area contributed by atoms with Gasteiger partial charge in [0.1, 0.15) is 11.9 Å². The molecule has 5 nitrogen and oxygen atoms in total. The fourth-order valence-corrected chi connectivity index (χ4v) is 5.07. The van der Waals surface area contributed by atoms with Crippen molar-refractivity contribution in [2.45, 2.75) is 62.0 Å². The molecule has 1 saturated carbocycles. The van der Waals surface area contributed by atoms with Crippen LogP contribution in [0.1, 0.15) is 47.9 Å². The Kier molecular flexibility index (Phi) is 7.48. The predicted molar refractivity (Wildman–Crippen MR) is 123 cm³/mol. The molecular weight excluding hydrogens is 519 g/mol. The minimum absolute atomic E-state index is 0.163. The quantitative estimate of drug-likeness (QED) is 0.501. The van der Waals surface area contributed by atoms with Gasteiger partial charge in [-0.2, -0.15) is 26.3 Å². The number of benzene rings is 2. The van der Waals surface area contributed by atoms with E-state index < -0.39 is 58.6 Å². The number of nitrogens with zero attached hydrogens (tertiary/aromatic N) is 1. The van der Waals surface area contributed by atoms with E-state index >= 15 is 0 Å². The van der Waals surface area contributed by atoms with Gasteiger partial charge in [-0.15, -0.1) is 0 Å². The van der Waals surface area contributed by atoms with Crippen molar-refractivity contribution in [3.8, 4) is 0 Å². The van der Waals surface area contributed by atoms with Gasteiger partial charge in [0.25, 0.3) is 0 Å². The second kappa shape index (κ2) is 10.2. The summed E-state index contributed by atoms with van der Waals surface area (Å²) in [5.74, 6) is -2.71. The summed E-state index contributed by atoms with van der Waals surface area (Å²) in [4.78, 5) is 28.0. The van der Waals surface area contributed by atoms with Crippen molar-refractivity contribution in [2.75, 3.05) is 13.1 Å². The Balaban J connectivity index is 1.69. The number of hydrogen-bond donors (Lipinski definition) is 2. The van der Waals surface area contributed by atoms with Crippen LogP contribution >= 0.6 is 0 Å². The lowest BCUT2D eigenvalue weighted by atomic mass is 9.89. The summed E-state index contributed by atoms with van der Waals surface area (Å²) in [6.45, 7) is 0.964. The molecule has 0 unspecified atom stereocenters. The van der Waals surface area contributed by atoms with Crippen LogP contribution in [0.3, 0.4) is 0 Å². The molecule has 2 atom stereocenters. The second-order valence-electron chi connectivity index (χ2n) is 9.80. The maximum absolute atomic E-state index is 15.0. The van der Waals surface area contributed by atoms with Crippen LogP contribution in [-0.2, 0) is 33.8 Å². The van der Waals surface area contributed by atoms with E-state index in [9.17, 15) is 40.3 Å². The number of piperidine rings is 1. The topological polar surface area (TPSA) is 75.4 Å². The zero-order valence-corrected chi connectivity index (χ0v) is 20.1. The Morgan fingerprint density at radius 2 is 1.61 bits per heavy atom. The molecule has 2 fully saturated rings. The first-order valence-electron chi connectivity index (χ1n) is 12.1. The standard InChI is InChI=1S/C26H26F7N3O2/c27-20-13-17(26(31,32)33)7-8-19(20)24(9-10-24)23(38)36(18-2-1-11-35-14-18)21(22(34)37)12-15-3-5-16(6-4-15)25(28,29)30/h3-8,13,18,21,35H,1-2,9-12,14H2,(H2,34,37)/t18-,21+/m1/s1. The highest BCUT2D eigenvalue weighted by Crippen LogP contribution is 2.52. The van der Waals surface area contributed by atoms with Crippen LogP contribution < -0.4 is 11.1 Å². The van der Waals surface area contributed by atoms with Crippen molar-refractivity contribution < 1.29 is 40.3 Å². The molecule has 0 aromatic heterocycles. The number of amides is 2. The van der Waals surface area contributed by atoms with Crippen molar-refractivity contribution >= 4 is 11.8 Å². The van der Waals surface area contributed by atoms with Crippen LogP contribution in [0.15, 0.2) is 42.5 Å². The van der Waals surface area contributed by atoms with Gasteiger partial charge in [-0.05, 0) is 62.1 Å². The van der Waals surface area contributed by atoms with E-state index in [2.05, 4.69) is 5.32 Å². The van der Waals surface area contributed by atoms with Crippen LogP contribution in [-0.4, -0.2) is 41.9 Å². The van der Waals surface area contributed by atoms with Gasteiger partial charge >= 0.3 is 12.4 Å². The summed E-state index contributed by atoms with van der Waals surface area (Å²) in [5.41, 5.74) is 2.31. The average molecular weight is 545 g/mol. The number of nitrogens with two attached hydrogens (primary N) is 1. The van der Waals surface area contributed by atoms with E-state index in [0.29, 0.717) is 43.6 Å². The SMILES string of the molecule is NC(=O)[C@H](Cc1ccc(C(F)(F)F)cc1)N(C(=O)C1(c2ccc(C(F)(F)F)cc2F)CC1)[C@@H]1CCCNC1. The largest absolute Gasteiger partial charge is 0.416 e. The lowest BCUT2D eigenvalue weighted by molar-refractivity contribution is -0.145. The summed E-state index contributed by atoms with van der Waals surface area (Å²) in [6.07, 6.45) is -8.03. The molecule has 206 valence electrons. The number of halogens is 7. The molecule has 1 saturated heterocycles. The molecule has 12 heteroatoms. The predicted octanol–water partition coefficient (Wildman–Crippen LogP) is 4.57. The molecule has 1 heterocycles. The first-order chi connectivity index (χ1) is 17.7. The van der Waals surface area contributed by atoms with Crippen LogP contribution in [0.2, 0.25) is 0 Å². The lowest BCUT2D eigenvalue weighted by Gasteiger charge is -2.41. The highest BCUT2D eigenvalue weighted by molar-refractivity contribution is 5.95. The highest BCUT2D eigenvalue weighted by atomic mass is 19.4. The van der Waals surface area contributed by atoms with E-state index in [4.69, 9.17) is 5.73 Å². The second-order valence-corrected chi connectivity index (χ2v) is 9.80. The number of carbonyl (C=O) groups is 2. The summed E-state index contributed by atoms with van der Waals surface area (Å²) in [6, 6.07) is 4.34. The monoisotopic (exact) mass is 545 g/mol. The van der Waals surface area contributed by atoms with Gasteiger partial charge in [0.15, 0.2) is 0 Å². The normalized spacial score (nSPS) is 20.0. The van der Waals surface area contributed by atoms with E-state index in [1.54, 1.807) is 0 Å². The van der Waals surface area contributed by atoms with Crippen molar-refractivity contribution in [3.63, 3.8) is 0 Å². The number of carbonyl (C=O) groups excluding carboxylic acids is 2. The summed E-state index contributed by atoms with van der Waals surface area (Å²) in [7, 11) is 0. The van der Waals surface area contributed by atoms with Crippen LogP contribution in [0, 0.1) is 5.82 Å². The lowest BCUT2D eigenvalue weighted by Crippen LogP contribution is -2.60. The number of alkyl halides is 6. The van der Waals surface area contributed by atoms with Crippen LogP contribution in [0.4, 0.5) is 30.7 Å². The van der Waals surface area contributed by atoms with Crippen LogP contribution in [0.25, 0.3) is 0 Å². The van der Waals surface area contributed by atoms with Gasteiger partial charge in [0.05, 0.1) is 16.5 Å². The smallest absolute Gasteiger partial charge is 0.368 e. The minimum Gasteiger partial charge on any atom is -0.368 e. The van der Waals surface area contributed by atoms with E-state index in [1.165, 1.54) is 17.0 Å². The molecule has 2 aromatic carbocycles. The van der Waals surface area contributed by atoms with Gasteiger partial charge in [-0.1, -0.05) is 18.2 Å². The number of primary amides is 1. The van der Waals surface area contributed by atoms with E-state index in [1.807, 2.05) is 0 Å². The van der Waals surface area contributed by atoms with Crippen molar-refractivity contribution in [3.05, 3.63) is 70.5 Å². The van der Waals surface area contributed by atoms with Crippen molar-refractivity contribution in [1.82, 2.24) is 10.2 Å². The molecule has 0 radical (unpaired) electrons. The third kappa shape index (κ3) is 5.64. The Bertz CT molecular complexity index is 1180. The molecule has 38 heavy (non-hydrogen) atoms. The highest BCUT2D eigenvalue weighted by Gasteiger charge is 2.57. The molecule has 2 aliphatic rings. The minimum atomic E-state index is -4.77. The average Bonchev–Trinajstić information content (AvgIpc) is 3.65.